The number of rotatable bonds is 3. The second kappa shape index (κ2) is 5.66. The van der Waals surface area contributed by atoms with Crippen LogP contribution in [-0.4, -0.2) is 54.5 Å². The molecule has 2 aliphatic rings. The van der Waals surface area contributed by atoms with E-state index in [4.69, 9.17) is 14.0 Å². The summed E-state index contributed by atoms with van der Waals surface area (Å²) in [5.74, 6) is 0.696. The van der Waals surface area contributed by atoms with Gasteiger partial charge in [-0.15, -0.1) is 0 Å². The molecule has 2 aliphatic heterocycles. The Bertz CT molecular complexity index is 560. The Kier molecular flexibility index (Phi) is 3.99. The summed E-state index contributed by atoms with van der Waals surface area (Å²) in [5.41, 5.74) is 0.984. The molecule has 0 radical (unpaired) electrons. The molecule has 0 bridgehead atoms. The van der Waals surface area contributed by atoms with Crippen molar-refractivity contribution in [3.63, 3.8) is 0 Å². The summed E-state index contributed by atoms with van der Waals surface area (Å²) in [5, 5.41) is 4.05. The van der Waals surface area contributed by atoms with Crippen LogP contribution in [0, 0.1) is 6.92 Å². The van der Waals surface area contributed by atoms with E-state index in [-0.39, 0.29) is 23.5 Å². The molecule has 0 unspecified atom stereocenters. The first-order valence-corrected chi connectivity index (χ1v) is 7.90. The summed E-state index contributed by atoms with van der Waals surface area (Å²) in [6.07, 6.45) is 1.89. The van der Waals surface area contributed by atoms with Crippen molar-refractivity contribution in [2.75, 3.05) is 26.8 Å². The summed E-state index contributed by atoms with van der Waals surface area (Å²) < 4.78 is 16.8. The number of nitrogens with zero attached hydrogens (tertiary/aromatic N) is 2. The lowest BCUT2D eigenvalue weighted by atomic mass is 9.96. The zero-order chi connectivity index (χ0) is 15.9. The van der Waals surface area contributed by atoms with E-state index in [1.165, 1.54) is 0 Å². The van der Waals surface area contributed by atoms with Crippen LogP contribution in [0.3, 0.4) is 0 Å². The molecule has 2 atom stereocenters. The number of aromatic nitrogens is 1. The highest BCUT2D eigenvalue weighted by Crippen LogP contribution is 2.37. The highest BCUT2D eigenvalue weighted by molar-refractivity contribution is 5.96. The number of aryl methyl sites for hydroxylation is 1. The van der Waals surface area contributed by atoms with Gasteiger partial charge in [0.25, 0.3) is 5.91 Å². The molecule has 6 nitrogen and oxygen atoms in total. The molecule has 1 aromatic heterocycles. The van der Waals surface area contributed by atoms with Gasteiger partial charge in [0.1, 0.15) is 23.0 Å². The monoisotopic (exact) mass is 308 g/mol. The minimum absolute atomic E-state index is 0.0307. The van der Waals surface area contributed by atoms with Gasteiger partial charge in [0.05, 0.1) is 18.8 Å². The lowest BCUT2D eigenvalue weighted by molar-refractivity contribution is -0.0754. The Morgan fingerprint density at radius 3 is 2.86 bits per heavy atom. The van der Waals surface area contributed by atoms with Gasteiger partial charge in [-0.25, -0.2) is 0 Å². The first kappa shape index (κ1) is 15.5. The maximum absolute atomic E-state index is 13.0. The zero-order valence-corrected chi connectivity index (χ0v) is 13.7. The van der Waals surface area contributed by atoms with Gasteiger partial charge in [-0.1, -0.05) is 19.0 Å². The Labute approximate surface area is 130 Å². The maximum atomic E-state index is 13.0. The van der Waals surface area contributed by atoms with Gasteiger partial charge in [0, 0.05) is 13.7 Å². The van der Waals surface area contributed by atoms with Crippen LogP contribution in [0.15, 0.2) is 4.52 Å². The lowest BCUT2D eigenvalue weighted by Gasteiger charge is -2.27. The predicted octanol–water partition coefficient (Wildman–Crippen LogP) is 2.13. The van der Waals surface area contributed by atoms with Gasteiger partial charge in [-0.2, -0.15) is 0 Å². The number of carbonyl (C=O) groups is 1. The SMILES string of the molecule is CO[C@H]1CN(C(=O)c2c(C(C)C)noc2C)C[C@@]12CCCO2. The molecule has 22 heavy (non-hydrogen) atoms. The van der Waals surface area contributed by atoms with Crippen molar-refractivity contribution < 1.29 is 18.8 Å². The summed E-state index contributed by atoms with van der Waals surface area (Å²) in [4.78, 5) is 14.8. The third-order valence-corrected chi connectivity index (χ3v) is 4.79. The van der Waals surface area contributed by atoms with E-state index in [1.807, 2.05) is 18.7 Å². The molecule has 1 spiro atoms. The summed E-state index contributed by atoms with van der Waals surface area (Å²) in [7, 11) is 1.69. The minimum Gasteiger partial charge on any atom is -0.377 e. The Morgan fingerprint density at radius 2 is 2.27 bits per heavy atom. The highest BCUT2D eigenvalue weighted by Gasteiger charge is 2.52. The average Bonchev–Trinajstić information content (AvgIpc) is 3.18. The van der Waals surface area contributed by atoms with E-state index in [2.05, 4.69) is 5.16 Å². The Morgan fingerprint density at radius 1 is 1.50 bits per heavy atom. The highest BCUT2D eigenvalue weighted by atomic mass is 16.6. The molecule has 1 amide bonds. The van der Waals surface area contributed by atoms with Crippen LogP contribution >= 0.6 is 0 Å². The maximum Gasteiger partial charge on any atom is 0.259 e. The molecule has 0 N–H and O–H groups in total. The summed E-state index contributed by atoms with van der Waals surface area (Å²) in [6.45, 7) is 7.68. The molecule has 0 aliphatic carbocycles. The minimum atomic E-state index is -0.340. The number of methoxy groups -OCH3 is 1. The van der Waals surface area contributed by atoms with Crippen molar-refractivity contribution in [2.45, 2.75) is 51.2 Å². The Balaban J connectivity index is 1.86. The third kappa shape index (κ3) is 2.34. The van der Waals surface area contributed by atoms with E-state index >= 15 is 0 Å². The first-order chi connectivity index (χ1) is 10.5. The molecule has 6 heteroatoms. The number of amides is 1. The van der Waals surface area contributed by atoms with Crippen LogP contribution in [0.5, 0.6) is 0 Å². The molecular formula is C16H24N2O4. The Hall–Kier alpha value is -1.40. The molecular weight excluding hydrogens is 284 g/mol. The largest absolute Gasteiger partial charge is 0.377 e. The van der Waals surface area contributed by atoms with Gasteiger partial charge in [0.15, 0.2) is 0 Å². The second-order valence-corrected chi connectivity index (χ2v) is 6.58. The van der Waals surface area contributed by atoms with Crippen LogP contribution in [0.4, 0.5) is 0 Å². The number of carbonyl (C=O) groups excluding carboxylic acids is 1. The molecule has 0 saturated carbocycles. The van der Waals surface area contributed by atoms with E-state index < -0.39 is 0 Å². The molecule has 0 aromatic carbocycles. The van der Waals surface area contributed by atoms with Gasteiger partial charge in [-0.05, 0) is 25.7 Å². The number of hydrogen-bond acceptors (Lipinski definition) is 5. The molecule has 3 rings (SSSR count). The van der Waals surface area contributed by atoms with Gasteiger partial charge >= 0.3 is 0 Å². The molecule has 2 saturated heterocycles. The molecule has 1 aromatic rings. The van der Waals surface area contributed by atoms with Crippen LogP contribution < -0.4 is 0 Å². The van der Waals surface area contributed by atoms with E-state index in [9.17, 15) is 4.79 Å². The van der Waals surface area contributed by atoms with Crippen molar-refractivity contribution in [3.05, 3.63) is 17.0 Å². The number of ether oxygens (including phenoxy) is 2. The van der Waals surface area contributed by atoms with Crippen molar-refractivity contribution in [2.24, 2.45) is 0 Å². The fraction of sp³-hybridized carbons (Fsp3) is 0.750. The predicted molar refractivity (Wildman–Crippen MR) is 79.9 cm³/mol. The first-order valence-electron chi connectivity index (χ1n) is 7.90. The molecule has 2 fully saturated rings. The van der Waals surface area contributed by atoms with Crippen LogP contribution in [0.25, 0.3) is 0 Å². The smallest absolute Gasteiger partial charge is 0.259 e. The standard InChI is InChI=1S/C16H24N2O4/c1-10(2)14-13(11(3)22-17-14)15(19)18-8-12(20-4)16(9-18)6-5-7-21-16/h10,12H,5-9H2,1-4H3/t12-,16-/m0/s1. The van der Waals surface area contributed by atoms with Crippen molar-refractivity contribution >= 4 is 5.91 Å². The number of likely N-dealkylation sites (tertiary alicyclic amines) is 1. The van der Waals surface area contributed by atoms with E-state index in [0.29, 0.717) is 24.4 Å². The van der Waals surface area contributed by atoms with E-state index in [1.54, 1.807) is 14.0 Å². The van der Waals surface area contributed by atoms with Crippen LogP contribution in [0.2, 0.25) is 0 Å². The third-order valence-electron chi connectivity index (χ3n) is 4.79. The second-order valence-electron chi connectivity index (χ2n) is 6.58. The van der Waals surface area contributed by atoms with Crippen molar-refractivity contribution in [3.8, 4) is 0 Å². The van der Waals surface area contributed by atoms with Crippen molar-refractivity contribution in [1.29, 1.82) is 0 Å². The topological polar surface area (TPSA) is 64.8 Å². The van der Waals surface area contributed by atoms with Crippen LogP contribution in [0.1, 0.15) is 54.4 Å². The van der Waals surface area contributed by atoms with Gasteiger partial charge in [0.2, 0.25) is 0 Å². The number of hydrogen-bond donors (Lipinski definition) is 0. The molecule has 3 heterocycles. The zero-order valence-electron chi connectivity index (χ0n) is 13.7. The van der Waals surface area contributed by atoms with Gasteiger partial charge < -0.3 is 18.9 Å². The normalized spacial score (nSPS) is 28.2. The van der Waals surface area contributed by atoms with E-state index in [0.717, 1.165) is 25.1 Å². The fourth-order valence-corrected chi connectivity index (χ4v) is 3.60. The molecule has 122 valence electrons. The average molecular weight is 308 g/mol. The van der Waals surface area contributed by atoms with Crippen molar-refractivity contribution in [1.82, 2.24) is 10.1 Å². The summed E-state index contributed by atoms with van der Waals surface area (Å²) in [6, 6.07) is 0. The summed E-state index contributed by atoms with van der Waals surface area (Å²) >= 11 is 0. The van der Waals surface area contributed by atoms with Crippen LogP contribution in [-0.2, 0) is 9.47 Å². The quantitative estimate of drug-likeness (QED) is 0.856. The lowest BCUT2D eigenvalue weighted by Crippen LogP contribution is -2.42. The van der Waals surface area contributed by atoms with Gasteiger partial charge in [-0.3, -0.25) is 4.79 Å². The fourth-order valence-electron chi connectivity index (χ4n) is 3.60.